The lowest BCUT2D eigenvalue weighted by molar-refractivity contribution is 1.11. The Hall–Kier alpha value is -5.08. The number of nitrogens with zero attached hydrogens (tertiary/aromatic N) is 6. The highest BCUT2D eigenvalue weighted by molar-refractivity contribution is 6.27. The Morgan fingerprint density at radius 1 is 0.765 bits per heavy atom. The number of aromatic nitrogens is 4. The van der Waals surface area contributed by atoms with E-state index >= 15 is 0 Å². The van der Waals surface area contributed by atoms with Gasteiger partial charge in [-0.2, -0.15) is 10.5 Å². The standard InChI is InChI=1S/C26H12N6O2/c1-11-7-12(2)22-18(8-11)31-24(30-22)14-4-6-16-20-13(3-5-15(21(14)20)25(31)33)23-29-17(9-27)19(10-28)32(23)26(16)34/h3-8H,1-2H3. The summed E-state index contributed by atoms with van der Waals surface area (Å²) in [5.74, 6) is 0. The molecule has 0 bridgehead atoms. The second-order valence-electron chi connectivity index (χ2n) is 8.59. The van der Waals surface area contributed by atoms with Crippen LogP contribution in [-0.4, -0.2) is 18.8 Å². The van der Waals surface area contributed by atoms with E-state index in [-0.39, 0.29) is 22.6 Å². The third-order valence-electron chi connectivity index (χ3n) is 6.69. The van der Waals surface area contributed by atoms with E-state index in [1.54, 1.807) is 28.7 Å². The summed E-state index contributed by atoms with van der Waals surface area (Å²) in [5.41, 5.74) is 3.43. The normalized spacial score (nSPS) is 12.0. The maximum atomic E-state index is 13.7. The Bertz CT molecular complexity index is 2260. The van der Waals surface area contributed by atoms with E-state index in [1.807, 2.05) is 38.1 Å². The van der Waals surface area contributed by atoms with Gasteiger partial charge in [0.15, 0.2) is 11.4 Å². The number of hydrogen-bond acceptors (Lipinski definition) is 6. The van der Waals surface area contributed by atoms with Gasteiger partial charge in [0.05, 0.1) is 11.0 Å². The largest absolute Gasteiger partial charge is 0.268 e. The van der Waals surface area contributed by atoms with Gasteiger partial charge in [0.1, 0.15) is 23.4 Å². The highest BCUT2D eigenvalue weighted by Gasteiger charge is 2.24. The molecule has 158 valence electrons. The lowest BCUT2D eigenvalue weighted by atomic mass is 9.96. The van der Waals surface area contributed by atoms with Gasteiger partial charge in [-0.25, -0.2) is 14.4 Å². The van der Waals surface area contributed by atoms with E-state index in [2.05, 4.69) is 4.98 Å². The number of hydrogen-bond donors (Lipinski definition) is 0. The van der Waals surface area contributed by atoms with Crippen LogP contribution in [0, 0.1) is 36.5 Å². The first-order valence-corrected chi connectivity index (χ1v) is 10.6. The maximum absolute atomic E-state index is 13.7. The Balaban J connectivity index is 1.82. The summed E-state index contributed by atoms with van der Waals surface area (Å²) in [5, 5.41) is 22.4. The predicted octanol–water partition coefficient (Wildman–Crippen LogP) is 3.55. The molecule has 0 amide bonds. The molecule has 0 fully saturated rings. The molecule has 8 heteroatoms. The first-order chi connectivity index (χ1) is 16.4. The average Bonchev–Trinajstić information content (AvgIpc) is 3.40. The number of fused-ring (bicyclic) bond motifs is 6. The summed E-state index contributed by atoms with van der Waals surface area (Å²) in [6.45, 7) is 3.96. The second kappa shape index (κ2) is 5.83. The molecule has 3 aromatic carbocycles. The van der Waals surface area contributed by atoms with E-state index < -0.39 is 5.56 Å². The van der Waals surface area contributed by atoms with Gasteiger partial charge < -0.3 is 0 Å². The summed E-state index contributed by atoms with van der Waals surface area (Å²) in [6.07, 6.45) is 0. The molecule has 0 saturated carbocycles. The van der Waals surface area contributed by atoms with Gasteiger partial charge in [-0.3, -0.25) is 14.0 Å². The van der Waals surface area contributed by atoms with Crippen LogP contribution in [-0.2, 0) is 0 Å². The predicted molar refractivity (Wildman–Crippen MR) is 128 cm³/mol. The van der Waals surface area contributed by atoms with Gasteiger partial charge in [0, 0.05) is 32.3 Å². The second-order valence-corrected chi connectivity index (χ2v) is 8.59. The van der Waals surface area contributed by atoms with Crippen molar-refractivity contribution in [3.05, 3.63) is 79.6 Å². The highest BCUT2D eigenvalue weighted by Crippen LogP contribution is 2.36. The Labute approximate surface area is 189 Å². The van der Waals surface area contributed by atoms with Crippen molar-refractivity contribution >= 4 is 54.6 Å². The lowest BCUT2D eigenvalue weighted by Crippen LogP contribution is -2.17. The van der Waals surface area contributed by atoms with Crippen molar-refractivity contribution in [2.45, 2.75) is 13.8 Å². The van der Waals surface area contributed by atoms with Gasteiger partial charge in [-0.1, -0.05) is 6.07 Å². The fourth-order valence-electron chi connectivity index (χ4n) is 5.36. The van der Waals surface area contributed by atoms with Crippen LogP contribution in [0.1, 0.15) is 22.5 Å². The van der Waals surface area contributed by atoms with Crippen molar-refractivity contribution in [2.75, 3.05) is 0 Å². The average molecular weight is 440 g/mol. The monoisotopic (exact) mass is 440 g/mol. The summed E-state index contributed by atoms with van der Waals surface area (Å²) in [6, 6.07) is 14.8. The van der Waals surface area contributed by atoms with Crippen molar-refractivity contribution in [2.24, 2.45) is 0 Å². The molecule has 8 nitrogen and oxygen atoms in total. The minimum Gasteiger partial charge on any atom is -0.268 e. The molecular formula is C26H12N6O2. The number of benzene rings is 3. The first kappa shape index (κ1) is 18.5. The van der Waals surface area contributed by atoms with Crippen LogP contribution in [0.3, 0.4) is 0 Å². The van der Waals surface area contributed by atoms with Crippen molar-refractivity contribution in [3.63, 3.8) is 0 Å². The van der Waals surface area contributed by atoms with Gasteiger partial charge in [-0.05, 0) is 55.3 Å². The Kier molecular flexibility index (Phi) is 3.17. The molecule has 0 saturated heterocycles. The molecule has 4 aromatic heterocycles. The van der Waals surface area contributed by atoms with E-state index in [9.17, 15) is 20.1 Å². The van der Waals surface area contributed by atoms with Crippen molar-refractivity contribution < 1.29 is 0 Å². The van der Waals surface area contributed by atoms with Gasteiger partial charge >= 0.3 is 0 Å². The number of pyridine rings is 2. The zero-order chi connectivity index (χ0) is 23.5. The van der Waals surface area contributed by atoms with Crippen LogP contribution >= 0.6 is 0 Å². The van der Waals surface area contributed by atoms with Crippen LogP contribution in [0.15, 0.2) is 46.0 Å². The molecule has 0 aliphatic heterocycles. The van der Waals surface area contributed by atoms with Gasteiger partial charge in [-0.15, -0.1) is 0 Å². The molecule has 4 heterocycles. The molecule has 0 radical (unpaired) electrons. The third-order valence-corrected chi connectivity index (χ3v) is 6.69. The maximum Gasteiger partial charge on any atom is 0.265 e. The molecule has 0 unspecified atom stereocenters. The van der Waals surface area contributed by atoms with Crippen molar-refractivity contribution in [1.82, 2.24) is 18.8 Å². The van der Waals surface area contributed by atoms with Crippen molar-refractivity contribution in [3.8, 4) is 12.1 Å². The zero-order valence-corrected chi connectivity index (χ0v) is 18.0. The van der Waals surface area contributed by atoms with Crippen LogP contribution < -0.4 is 11.1 Å². The highest BCUT2D eigenvalue weighted by atomic mass is 16.1. The third kappa shape index (κ3) is 1.93. The number of rotatable bonds is 0. The Morgan fingerprint density at radius 3 is 1.97 bits per heavy atom. The SMILES string of the molecule is Cc1cc(C)c2nc3c4ccc5c(=O)n6c(C#N)c(C#N)nc6c6ccc(c(=O)n3c2c1)c4c56. The fourth-order valence-corrected chi connectivity index (χ4v) is 5.36. The molecule has 34 heavy (non-hydrogen) atoms. The lowest BCUT2D eigenvalue weighted by Gasteiger charge is -2.12. The number of imidazole rings is 2. The fraction of sp³-hybridized carbons (Fsp3) is 0.0769. The first-order valence-electron chi connectivity index (χ1n) is 10.6. The van der Waals surface area contributed by atoms with E-state index in [4.69, 9.17) is 4.98 Å². The van der Waals surface area contributed by atoms with E-state index in [0.29, 0.717) is 32.6 Å². The van der Waals surface area contributed by atoms with Crippen LogP contribution in [0.2, 0.25) is 0 Å². The van der Waals surface area contributed by atoms with E-state index in [0.717, 1.165) is 27.5 Å². The molecule has 7 rings (SSSR count). The van der Waals surface area contributed by atoms with Crippen LogP contribution in [0.5, 0.6) is 0 Å². The molecular weight excluding hydrogens is 428 g/mol. The number of nitriles is 2. The molecule has 0 spiro atoms. The van der Waals surface area contributed by atoms with Crippen LogP contribution in [0.4, 0.5) is 0 Å². The minimum atomic E-state index is -0.449. The quantitative estimate of drug-likeness (QED) is 0.333. The topological polar surface area (TPSA) is 116 Å². The smallest absolute Gasteiger partial charge is 0.265 e. The van der Waals surface area contributed by atoms with Gasteiger partial charge in [0.2, 0.25) is 0 Å². The van der Waals surface area contributed by atoms with Crippen molar-refractivity contribution in [1.29, 1.82) is 10.5 Å². The summed E-state index contributed by atoms with van der Waals surface area (Å²) >= 11 is 0. The number of aryl methyl sites for hydroxylation is 2. The molecule has 0 aliphatic rings. The summed E-state index contributed by atoms with van der Waals surface area (Å²) < 4.78 is 2.83. The molecule has 0 atom stereocenters. The van der Waals surface area contributed by atoms with Crippen LogP contribution in [0.25, 0.3) is 54.6 Å². The van der Waals surface area contributed by atoms with Gasteiger partial charge in [0.25, 0.3) is 11.1 Å². The van der Waals surface area contributed by atoms with E-state index in [1.165, 1.54) is 4.40 Å². The molecule has 7 aromatic rings. The summed E-state index contributed by atoms with van der Waals surface area (Å²) in [7, 11) is 0. The summed E-state index contributed by atoms with van der Waals surface area (Å²) in [4.78, 5) is 36.3. The zero-order valence-electron chi connectivity index (χ0n) is 18.0. The molecule has 0 aliphatic carbocycles. The minimum absolute atomic E-state index is 0.0924. The Morgan fingerprint density at radius 2 is 1.35 bits per heavy atom. The molecule has 0 N–H and O–H groups in total.